The van der Waals surface area contributed by atoms with E-state index in [0.717, 1.165) is 38.0 Å². The SMILES string of the molecule is CCNC(=NCC(=O)N1CCCC1)NCCc1ccc(OC)c(OC)c1OC. The molecule has 0 unspecified atom stereocenters. The summed E-state index contributed by atoms with van der Waals surface area (Å²) in [6.45, 7) is 5.21. The fraction of sp³-hybridized carbons (Fsp3) is 0.600. The summed E-state index contributed by atoms with van der Waals surface area (Å²) in [5, 5.41) is 6.45. The second-order valence-electron chi connectivity index (χ2n) is 6.45. The molecule has 156 valence electrons. The summed E-state index contributed by atoms with van der Waals surface area (Å²) >= 11 is 0. The molecule has 1 aromatic carbocycles. The molecular weight excluding hydrogens is 360 g/mol. The highest BCUT2D eigenvalue weighted by molar-refractivity contribution is 5.85. The number of carbonyl (C=O) groups excluding carboxylic acids is 1. The summed E-state index contributed by atoms with van der Waals surface area (Å²) in [5.41, 5.74) is 0.997. The van der Waals surface area contributed by atoms with E-state index >= 15 is 0 Å². The van der Waals surface area contributed by atoms with Crippen molar-refractivity contribution in [3.05, 3.63) is 17.7 Å². The molecule has 2 N–H and O–H groups in total. The highest BCUT2D eigenvalue weighted by atomic mass is 16.5. The van der Waals surface area contributed by atoms with Gasteiger partial charge in [0.25, 0.3) is 0 Å². The first kappa shape index (κ1) is 21.7. The van der Waals surface area contributed by atoms with Gasteiger partial charge in [-0.1, -0.05) is 6.07 Å². The lowest BCUT2D eigenvalue weighted by Gasteiger charge is -2.17. The van der Waals surface area contributed by atoms with Gasteiger partial charge < -0.3 is 29.7 Å². The minimum atomic E-state index is 0.0799. The Hall–Kier alpha value is -2.64. The molecule has 2 rings (SSSR count). The van der Waals surface area contributed by atoms with Gasteiger partial charge in [-0.25, -0.2) is 4.99 Å². The quantitative estimate of drug-likeness (QED) is 0.489. The number of rotatable bonds is 9. The van der Waals surface area contributed by atoms with E-state index in [4.69, 9.17) is 14.2 Å². The molecule has 0 bridgehead atoms. The third-order valence-electron chi connectivity index (χ3n) is 4.65. The van der Waals surface area contributed by atoms with Gasteiger partial charge in [0.05, 0.1) is 21.3 Å². The van der Waals surface area contributed by atoms with Crippen LogP contribution < -0.4 is 24.8 Å². The zero-order valence-corrected chi connectivity index (χ0v) is 17.3. The molecule has 8 heteroatoms. The Morgan fingerprint density at radius 3 is 2.39 bits per heavy atom. The average molecular weight is 393 g/mol. The van der Waals surface area contributed by atoms with Crippen molar-refractivity contribution in [2.24, 2.45) is 4.99 Å². The highest BCUT2D eigenvalue weighted by Gasteiger charge is 2.18. The van der Waals surface area contributed by atoms with Crippen LogP contribution in [0.1, 0.15) is 25.3 Å². The van der Waals surface area contributed by atoms with E-state index in [2.05, 4.69) is 15.6 Å². The standard InChI is InChI=1S/C20H32N4O4/c1-5-21-20(23-14-17(25)24-12-6-7-13-24)22-11-10-15-8-9-16(26-2)19(28-4)18(15)27-3/h8-9H,5-7,10-14H2,1-4H3,(H2,21,22,23). The maximum Gasteiger partial charge on any atom is 0.244 e. The molecule has 1 amide bonds. The summed E-state index contributed by atoms with van der Waals surface area (Å²) < 4.78 is 16.3. The van der Waals surface area contributed by atoms with Gasteiger partial charge in [-0.2, -0.15) is 0 Å². The predicted molar refractivity (Wildman–Crippen MR) is 110 cm³/mol. The van der Waals surface area contributed by atoms with Crippen molar-refractivity contribution in [1.29, 1.82) is 0 Å². The molecule has 1 fully saturated rings. The van der Waals surface area contributed by atoms with Crippen molar-refractivity contribution < 1.29 is 19.0 Å². The van der Waals surface area contributed by atoms with Gasteiger partial charge in [-0.3, -0.25) is 4.79 Å². The number of hydrogen-bond acceptors (Lipinski definition) is 5. The minimum absolute atomic E-state index is 0.0799. The molecule has 8 nitrogen and oxygen atoms in total. The average Bonchev–Trinajstić information content (AvgIpc) is 3.26. The van der Waals surface area contributed by atoms with Crippen LogP contribution in [0.5, 0.6) is 17.2 Å². The van der Waals surface area contributed by atoms with E-state index < -0.39 is 0 Å². The van der Waals surface area contributed by atoms with Crippen molar-refractivity contribution in [2.45, 2.75) is 26.2 Å². The molecule has 0 radical (unpaired) electrons. The Balaban J connectivity index is 1.96. The number of guanidine groups is 1. The molecule has 1 aliphatic rings. The van der Waals surface area contributed by atoms with Crippen LogP contribution >= 0.6 is 0 Å². The smallest absolute Gasteiger partial charge is 0.244 e. The zero-order chi connectivity index (χ0) is 20.4. The van der Waals surface area contributed by atoms with Gasteiger partial charge >= 0.3 is 0 Å². The molecule has 28 heavy (non-hydrogen) atoms. The molecule has 0 atom stereocenters. The lowest BCUT2D eigenvalue weighted by molar-refractivity contribution is -0.128. The summed E-state index contributed by atoms with van der Waals surface area (Å²) in [5.74, 6) is 2.59. The first-order valence-electron chi connectivity index (χ1n) is 9.72. The van der Waals surface area contributed by atoms with Crippen LogP contribution in [0.25, 0.3) is 0 Å². The number of nitrogens with zero attached hydrogens (tertiary/aromatic N) is 2. The first-order chi connectivity index (χ1) is 13.6. The largest absolute Gasteiger partial charge is 0.493 e. The van der Waals surface area contributed by atoms with E-state index in [1.807, 2.05) is 24.0 Å². The lowest BCUT2D eigenvalue weighted by Crippen LogP contribution is -2.39. The van der Waals surface area contributed by atoms with E-state index in [0.29, 0.717) is 36.2 Å². The number of nitrogens with one attached hydrogen (secondary N) is 2. The summed E-state index contributed by atoms with van der Waals surface area (Å²) in [6, 6.07) is 3.83. The molecular formula is C20H32N4O4. The van der Waals surface area contributed by atoms with Crippen LogP contribution in [0.3, 0.4) is 0 Å². The maximum atomic E-state index is 12.2. The van der Waals surface area contributed by atoms with Crippen LogP contribution in [0.15, 0.2) is 17.1 Å². The Labute approximate surface area is 167 Å². The molecule has 0 aliphatic carbocycles. The molecule has 1 heterocycles. The van der Waals surface area contributed by atoms with Crippen LogP contribution in [-0.2, 0) is 11.2 Å². The van der Waals surface area contributed by atoms with Gasteiger partial charge in [-0.05, 0) is 32.3 Å². The summed E-state index contributed by atoms with van der Waals surface area (Å²) in [6.07, 6.45) is 2.87. The number of ether oxygens (including phenoxy) is 3. The van der Waals surface area contributed by atoms with E-state index in [-0.39, 0.29) is 12.5 Å². The zero-order valence-electron chi connectivity index (χ0n) is 17.3. The van der Waals surface area contributed by atoms with Crippen LogP contribution in [-0.4, -0.2) is 70.8 Å². The predicted octanol–water partition coefficient (Wildman–Crippen LogP) is 1.43. The van der Waals surface area contributed by atoms with Crippen LogP contribution in [0.2, 0.25) is 0 Å². The number of benzene rings is 1. The number of likely N-dealkylation sites (tertiary alicyclic amines) is 1. The minimum Gasteiger partial charge on any atom is -0.493 e. The van der Waals surface area contributed by atoms with E-state index in [1.165, 1.54) is 0 Å². The Kier molecular flexibility index (Phi) is 8.71. The van der Waals surface area contributed by atoms with Gasteiger partial charge in [0.15, 0.2) is 17.5 Å². The van der Waals surface area contributed by atoms with Gasteiger partial charge in [0.2, 0.25) is 11.7 Å². The fourth-order valence-corrected chi connectivity index (χ4v) is 3.23. The number of amides is 1. The topological polar surface area (TPSA) is 84.4 Å². The van der Waals surface area contributed by atoms with Crippen LogP contribution in [0.4, 0.5) is 0 Å². The Bertz CT molecular complexity index is 672. The van der Waals surface area contributed by atoms with Gasteiger partial charge in [0.1, 0.15) is 6.54 Å². The van der Waals surface area contributed by atoms with E-state index in [9.17, 15) is 4.79 Å². The monoisotopic (exact) mass is 392 g/mol. The third-order valence-corrected chi connectivity index (χ3v) is 4.65. The maximum absolute atomic E-state index is 12.2. The molecule has 0 saturated carbocycles. The number of hydrogen-bond donors (Lipinski definition) is 2. The Morgan fingerprint density at radius 1 is 1.07 bits per heavy atom. The van der Waals surface area contributed by atoms with Crippen LogP contribution in [0, 0.1) is 0 Å². The molecule has 1 aliphatic heterocycles. The van der Waals surface area contributed by atoms with Crippen molar-refractivity contribution in [3.8, 4) is 17.2 Å². The summed E-state index contributed by atoms with van der Waals surface area (Å²) in [7, 11) is 4.81. The van der Waals surface area contributed by atoms with Crippen molar-refractivity contribution in [2.75, 3.05) is 54.1 Å². The van der Waals surface area contributed by atoms with Crippen molar-refractivity contribution in [1.82, 2.24) is 15.5 Å². The second kappa shape index (κ2) is 11.3. The van der Waals surface area contributed by atoms with Crippen molar-refractivity contribution in [3.63, 3.8) is 0 Å². The molecule has 0 spiro atoms. The number of methoxy groups -OCH3 is 3. The Morgan fingerprint density at radius 2 is 1.79 bits per heavy atom. The molecule has 1 saturated heterocycles. The van der Waals surface area contributed by atoms with Gasteiger partial charge in [0, 0.05) is 31.7 Å². The third kappa shape index (κ3) is 5.68. The number of carbonyl (C=O) groups is 1. The number of aliphatic imine (C=N–C) groups is 1. The second-order valence-corrected chi connectivity index (χ2v) is 6.45. The van der Waals surface area contributed by atoms with Crippen molar-refractivity contribution >= 4 is 11.9 Å². The normalized spacial score (nSPS) is 14.0. The molecule has 0 aromatic heterocycles. The highest BCUT2D eigenvalue weighted by Crippen LogP contribution is 2.39. The van der Waals surface area contributed by atoms with E-state index in [1.54, 1.807) is 21.3 Å². The first-order valence-corrected chi connectivity index (χ1v) is 9.72. The fourth-order valence-electron chi connectivity index (χ4n) is 3.23. The van der Waals surface area contributed by atoms with Gasteiger partial charge in [-0.15, -0.1) is 0 Å². The lowest BCUT2D eigenvalue weighted by atomic mass is 10.1. The molecule has 1 aromatic rings. The summed E-state index contributed by atoms with van der Waals surface area (Å²) in [4.78, 5) is 18.5.